The van der Waals surface area contributed by atoms with Crippen LogP contribution in [-0.4, -0.2) is 29.0 Å². The average Bonchev–Trinajstić information content (AvgIpc) is 3.16. The quantitative estimate of drug-likeness (QED) is 0.461. The van der Waals surface area contributed by atoms with Gasteiger partial charge in [-0.25, -0.2) is 4.98 Å². The number of nitrogens with one attached hydrogen (secondary N) is 1. The van der Waals surface area contributed by atoms with Crippen LogP contribution in [0.5, 0.6) is 5.75 Å². The lowest BCUT2D eigenvalue weighted by atomic mass is 10.2. The number of benzene rings is 2. The second kappa shape index (κ2) is 9.09. The first-order valence-corrected chi connectivity index (χ1v) is 9.54. The summed E-state index contributed by atoms with van der Waals surface area (Å²) in [6.45, 7) is 2.36. The van der Waals surface area contributed by atoms with Crippen LogP contribution in [0.15, 0.2) is 53.9 Å². The number of rotatable bonds is 8. The topological polar surface area (TPSA) is 94.4 Å². The number of nitro groups is 1. The molecule has 8 heteroatoms. The Balaban J connectivity index is 1.41. The minimum absolute atomic E-state index is 0.0231. The van der Waals surface area contributed by atoms with Crippen LogP contribution < -0.4 is 10.1 Å². The first-order valence-electron chi connectivity index (χ1n) is 8.66. The standard InChI is InChI=1S/C20H19N3O4S/c1-14-2-4-15(5-3-14)20-22-16(13-28-20)10-11-21-19(24)12-27-18-8-6-17(7-9-18)23(25)26/h2-9,13H,10-12H2,1H3,(H,21,24). The van der Waals surface area contributed by atoms with E-state index in [0.717, 1.165) is 16.3 Å². The van der Waals surface area contributed by atoms with Crippen molar-refractivity contribution in [2.45, 2.75) is 13.3 Å². The van der Waals surface area contributed by atoms with Crippen molar-refractivity contribution in [2.75, 3.05) is 13.2 Å². The van der Waals surface area contributed by atoms with E-state index in [9.17, 15) is 14.9 Å². The lowest BCUT2D eigenvalue weighted by molar-refractivity contribution is -0.384. The van der Waals surface area contributed by atoms with Crippen molar-refractivity contribution in [2.24, 2.45) is 0 Å². The van der Waals surface area contributed by atoms with Crippen molar-refractivity contribution in [3.8, 4) is 16.3 Å². The van der Waals surface area contributed by atoms with Gasteiger partial charge in [-0.2, -0.15) is 0 Å². The summed E-state index contributed by atoms with van der Waals surface area (Å²) >= 11 is 1.58. The number of thiazole rings is 1. The molecule has 1 aromatic heterocycles. The van der Waals surface area contributed by atoms with Crippen molar-refractivity contribution in [3.63, 3.8) is 0 Å². The van der Waals surface area contributed by atoms with E-state index in [2.05, 4.69) is 34.6 Å². The SMILES string of the molecule is Cc1ccc(-c2nc(CCNC(=O)COc3ccc([N+](=O)[O-])cc3)cs2)cc1. The average molecular weight is 397 g/mol. The number of aromatic nitrogens is 1. The molecule has 3 rings (SSSR count). The molecule has 1 heterocycles. The van der Waals surface area contributed by atoms with E-state index in [4.69, 9.17) is 4.74 Å². The third-order valence-corrected chi connectivity index (χ3v) is 4.91. The zero-order valence-corrected chi connectivity index (χ0v) is 16.1. The van der Waals surface area contributed by atoms with E-state index in [1.807, 2.05) is 12.3 Å². The number of carbonyl (C=O) groups excluding carboxylic acids is 1. The molecule has 2 aromatic carbocycles. The molecule has 0 bridgehead atoms. The van der Waals surface area contributed by atoms with Crippen LogP contribution in [-0.2, 0) is 11.2 Å². The second-order valence-corrected chi connectivity index (χ2v) is 7.01. The van der Waals surface area contributed by atoms with Crippen LogP contribution in [0.4, 0.5) is 5.69 Å². The van der Waals surface area contributed by atoms with Crippen LogP contribution in [0.2, 0.25) is 0 Å². The third-order valence-electron chi connectivity index (χ3n) is 3.97. The van der Waals surface area contributed by atoms with Gasteiger partial charge in [0.2, 0.25) is 0 Å². The Morgan fingerprint density at radius 1 is 1.18 bits per heavy atom. The summed E-state index contributed by atoms with van der Waals surface area (Å²) in [5, 5.41) is 16.3. The minimum atomic E-state index is -0.487. The summed E-state index contributed by atoms with van der Waals surface area (Å²) in [5.74, 6) is 0.148. The predicted molar refractivity (Wildman–Crippen MR) is 108 cm³/mol. The molecule has 0 aliphatic carbocycles. The summed E-state index contributed by atoms with van der Waals surface area (Å²) in [6, 6.07) is 13.8. The van der Waals surface area contributed by atoms with Gasteiger partial charge in [-0.05, 0) is 19.1 Å². The van der Waals surface area contributed by atoms with Gasteiger partial charge in [-0.1, -0.05) is 29.8 Å². The Kier molecular flexibility index (Phi) is 6.33. The highest BCUT2D eigenvalue weighted by atomic mass is 32.1. The molecule has 0 unspecified atom stereocenters. The lowest BCUT2D eigenvalue weighted by Crippen LogP contribution is -2.30. The highest BCUT2D eigenvalue weighted by Crippen LogP contribution is 2.24. The number of amides is 1. The van der Waals surface area contributed by atoms with Crippen molar-refractivity contribution in [1.29, 1.82) is 0 Å². The van der Waals surface area contributed by atoms with E-state index in [0.29, 0.717) is 18.7 Å². The predicted octanol–water partition coefficient (Wildman–Crippen LogP) is 3.76. The monoisotopic (exact) mass is 397 g/mol. The van der Waals surface area contributed by atoms with Crippen LogP contribution in [0.25, 0.3) is 10.6 Å². The Morgan fingerprint density at radius 2 is 1.89 bits per heavy atom. The van der Waals surface area contributed by atoms with Crippen LogP contribution in [0, 0.1) is 17.0 Å². The zero-order valence-electron chi connectivity index (χ0n) is 15.3. The fraction of sp³-hybridized carbons (Fsp3) is 0.200. The molecule has 0 radical (unpaired) electrons. The number of carbonyl (C=O) groups is 1. The maximum Gasteiger partial charge on any atom is 0.269 e. The smallest absolute Gasteiger partial charge is 0.269 e. The second-order valence-electron chi connectivity index (χ2n) is 6.15. The van der Waals surface area contributed by atoms with Gasteiger partial charge < -0.3 is 10.1 Å². The molecular formula is C20H19N3O4S. The van der Waals surface area contributed by atoms with Gasteiger partial charge in [0, 0.05) is 36.0 Å². The number of hydrogen-bond acceptors (Lipinski definition) is 6. The van der Waals surface area contributed by atoms with E-state index < -0.39 is 4.92 Å². The van der Waals surface area contributed by atoms with Gasteiger partial charge in [0.25, 0.3) is 11.6 Å². The number of aryl methyl sites for hydroxylation is 1. The van der Waals surface area contributed by atoms with E-state index in [1.54, 1.807) is 11.3 Å². The fourth-order valence-corrected chi connectivity index (χ4v) is 3.30. The summed E-state index contributed by atoms with van der Waals surface area (Å²) in [7, 11) is 0. The molecule has 3 aromatic rings. The molecule has 28 heavy (non-hydrogen) atoms. The Hall–Kier alpha value is -3.26. The van der Waals surface area contributed by atoms with Crippen molar-refractivity contribution in [3.05, 3.63) is 75.3 Å². The maximum absolute atomic E-state index is 11.9. The number of non-ortho nitro benzene ring substituents is 1. The molecule has 0 spiro atoms. The summed E-state index contributed by atoms with van der Waals surface area (Å²) in [5.41, 5.74) is 3.20. The fourth-order valence-electron chi connectivity index (χ4n) is 2.44. The minimum Gasteiger partial charge on any atom is -0.484 e. The van der Waals surface area contributed by atoms with Crippen LogP contribution >= 0.6 is 11.3 Å². The van der Waals surface area contributed by atoms with E-state index >= 15 is 0 Å². The summed E-state index contributed by atoms with van der Waals surface area (Å²) in [6.07, 6.45) is 0.631. The normalized spacial score (nSPS) is 10.5. The largest absolute Gasteiger partial charge is 0.484 e. The molecular weight excluding hydrogens is 378 g/mol. The Morgan fingerprint density at radius 3 is 2.57 bits per heavy atom. The first kappa shape index (κ1) is 19.5. The van der Waals surface area contributed by atoms with Crippen LogP contribution in [0.1, 0.15) is 11.3 Å². The van der Waals surface area contributed by atoms with Crippen LogP contribution in [0.3, 0.4) is 0 Å². The van der Waals surface area contributed by atoms with Gasteiger partial charge in [-0.3, -0.25) is 14.9 Å². The van der Waals surface area contributed by atoms with Crippen molar-refractivity contribution >= 4 is 22.9 Å². The first-order chi connectivity index (χ1) is 13.5. The van der Waals surface area contributed by atoms with Gasteiger partial charge in [0.1, 0.15) is 10.8 Å². The number of nitrogens with zero attached hydrogens (tertiary/aromatic N) is 2. The van der Waals surface area contributed by atoms with Gasteiger partial charge in [-0.15, -0.1) is 11.3 Å². The molecule has 1 amide bonds. The maximum atomic E-state index is 11.9. The number of ether oxygens (including phenoxy) is 1. The summed E-state index contributed by atoms with van der Waals surface area (Å²) < 4.78 is 5.33. The highest BCUT2D eigenvalue weighted by molar-refractivity contribution is 7.13. The molecule has 1 N–H and O–H groups in total. The lowest BCUT2D eigenvalue weighted by Gasteiger charge is -2.06. The number of nitro benzene ring substituents is 1. The van der Waals surface area contributed by atoms with Gasteiger partial charge >= 0.3 is 0 Å². The molecule has 0 atom stereocenters. The zero-order chi connectivity index (χ0) is 19.9. The molecule has 0 aliphatic heterocycles. The Labute approximate surface area is 166 Å². The molecule has 0 saturated carbocycles. The Bertz CT molecular complexity index is 952. The van der Waals surface area contributed by atoms with Crippen molar-refractivity contribution < 1.29 is 14.5 Å². The molecule has 0 saturated heterocycles. The van der Waals surface area contributed by atoms with Crippen molar-refractivity contribution in [1.82, 2.24) is 10.3 Å². The third kappa shape index (κ3) is 5.37. The molecule has 144 valence electrons. The number of hydrogen-bond donors (Lipinski definition) is 1. The highest BCUT2D eigenvalue weighted by Gasteiger charge is 2.08. The van der Waals surface area contributed by atoms with Gasteiger partial charge in [0.15, 0.2) is 6.61 Å². The molecule has 0 fully saturated rings. The molecule has 0 aliphatic rings. The van der Waals surface area contributed by atoms with Gasteiger partial charge in [0.05, 0.1) is 10.6 Å². The summed E-state index contributed by atoms with van der Waals surface area (Å²) in [4.78, 5) is 26.6. The van der Waals surface area contributed by atoms with E-state index in [-0.39, 0.29) is 18.2 Å². The van der Waals surface area contributed by atoms with E-state index in [1.165, 1.54) is 29.8 Å². The molecule has 7 nitrogen and oxygen atoms in total.